The molecule has 1 aromatic carbocycles. The standard InChI is InChI=1S/C20H21NO3/c1-23-20(22)18-17(24-12-13-5-3-2-4-6-13)11-16(14-7-8-14)21-19(18)15-9-10-15/h2-6,11,14-15H,7-10,12H2,1H3. The second-order valence-corrected chi connectivity index (χ2v) is 6.62. The van der Waals surface area contributed by atoms with Crippen molar-refractivity contribution in [2.24, 2.45) is 0 Å². The molecular formula is C20H21NO3. The van der Waals surface area contributed by atoms with E-state index in [0.29, 0.717) is 29.8 Å². The highest BCUT2D eigenvalue weighted by molar-refractivity contribution is 5.94. The van der Waals surface area contributed by atoms with Gasteiger partial charge in [-0.25, -0.2) is 4.79 Å². The molecule has 0 radical (unpaired) electrons. The molecule has 0 N–H and O–H groups in total. The first kappa shape index (κ1) is 15.2. The van der Waals surface area contributed by atoms with Gasteiger partial charge in [0, 0.05) is 23.6 Å². The van der Waals surface area contributed by atoms with E-state index < -0.39 is 0 Å². The molecule has 2 aliphatic carbocycles. The highest BCUT2D eigenvalue weighted by Crippen LogP contribution is 2.46. The number of nitrogens with zero attached hydrogens (tertiary/aromatic N) is 1. The number of benzene rings is 1. The van der Waals surface area contributed by atoms with E-state index in [2.05, 4.69) is 0 Å². The van der Waals surface area contributed by atoms with Crippen molar-refractivity contribution in [1.82, 2.24) is 4.98 Å². The second-order valence-electron chi connectivity index (χ2n) is 6.62. The molecule has 0 saturated heterocycles. The largest absolute Gasteiger partial charge is 0.488 e. The Morgan fingerprint density at radius 2 is 1.83 bits per heavy atom. The molecule has 24 heavy (non-hydrogen) atoms. The summed E-state index contributed by atoms with van der Waals surface area (Å²) in [6.07, 6.45) is 4.52. The van der Waals surface area contributed by atoms with Crippen LogP contribution in [0.25, 0.3) is 0 Å². The molecule has 2 aromatic rings. The number of aromatic nitrogens is 1. The summed E-state index contributed by atoms with van der Waals surface area (Å²) < 4.78 is 11.0. The van der Waals surface area contributed by atoms with Gasteiger partial charge in [-0.15, -0.1) is 0 Å². The number of hydrogen-bond donors (Lipinski definition) is 0. The average molecular weight is 323 g/mol. The van der Waals surface area contributed by atoms with E-state index in [1.54, 1.807) is 0 Å². The average Bonchev–Trinajstić information content (AvgIpc) is 3.51. The molecule has 2 saturated carbocycles. The first-order chi connectivity index (χ1) is 11.8. The topological polar surface area (TPSA) is 48.4 Å². The van der Waals surface area contributed by atoms with Crippen LogP contribution in [0.2, 0.25) is 0 Å². The SMILES string of the molecule is COC(=O)c1c(OCc2ccccc2)cc(C2CC2)nc1C1CC1. The fourth-order valence-electron chi connectivity index (χ4n) is 2.96. The summed E-state index contributed by atoms with van der Waals surface area (Å²) in [5.74, 6) is 1.16. The van der Waals surface area contributed by atoms with Crippen LogP contribution in [0.1, 0.15) is 64.8 Å². The minimum absolute atomic E-state index is 0.352. The predicted octanol–water partition coefficient (Wildman–Crippen LogP) is 4.20. The van der Waals surface area contributed by atoms with Crippen LogP contribution in [0.5, 0.6) is 5.75 Å². The van der Waals surface area contributed by atoms with Gasteiger partial charge in [-0.2, -0.15) is 0 Å². The van der Waals surface area contributed by atoms with Gasteiger partial charge >= 0.3 is 5.97 Å². The first-order valence-corrected chi connectivity index (χ1v) is 8.56. The Morgan fingerprint density at radius 1 is 1.12 bits per heavy atom. The maximum atomic E-state index is 12.4. The van der Waals surface area contributed by atoms with E-state index in [4.69, 9.17) is 14.5 Å². The molecule has 4 heteroatoms. The third-order valence-corrected chi connectivity index (χ3v) is 4.62. The normalized spacial score (nSPS) is 16.7. The van der Waals surface area contributed by atoms with Crippen molar-refractivity contribution < 1.29 is 14.3 Å². The lowest BCUT2D eigenvalue weighted by Gasteiger charge is -2.15. The van der Waals surface area contributed by atoms with E-state index in [0.717, 1.165) is 29.8 Å². The summed E-state index contributed by atoms with van der Waals surface area (Å²) in [7, 11) is 1.41. The Hall–Kier alpha value is -2.36. The smallest absolute Gasteiger partial charge is 0.343 e. The molecule has 0 spiro atoms. The number of pyridine rings is 1. The van der Waals surface area contributed by atoms with Crippen molar-refractivity contribution >= 4 is 5.97 Å². The molecule has 0 bridgehead atoms. The molecule has 0 aliphatic heterocycles. The van der Waals surface area contributed by atoms with Crippen molar-refractivity contribution in [1.29, 1.82) is 0 Å². The van der Waals surface area contributed by atoms with Crippen LogP contribution in [0.3, 0.4) is 0 Å². The summed E-state index contributed by atoms with van der Waals surface area (Å²) in [5, 5.41) is 0. The van der Waals surface area contributed by atoms with Gasteiger partial charge in [0.2, 0.25) is 0 Å². The van der Waals surface area contributed by atoms with Crippen molar-refractivity contribution in [3.63, 3.8) is 0 Å². The fraction of sp³-hybridized carbons (Fsp3) is 0.400. The summed E-state index contributed by atoms with van der Waals surface area (Å²) in [6.45, 7) is 0.434. The predicted molar refractivity (Wildman–Crippen MR) is 90.3 cm³/mol. The van der Waals surface area contributed by atoms with Gasteiger partial charge in [0.25, 0.3) is 0 Å². The second kappa shape index (κ2) is 6.27. The quantitative estimate of drug-likeness (QED) is 0.748. The Labute approximate surface area is 141 Å². The van der Waals surface area contributed by atoms with Crippen molar-refractivity contribution in [2.45, 2.75) is 44.1 Å². The monoisotopic (exact) mass is 323 g/mol. The summed E-state index contributed by atoms with van der Waals surface area (Å²) in [4.78, 5) is 17.2. The molecule has 0 unspecified atom stereocenters. The number of esters is 1. The minimum atomic E-state index is -0.352. The van der Waals surface area contributed by atoms with Gasteiger partial charge in [-0.05, 0) is 31.2 Å². The molecular weight excluding hydrogens is 302 g/mol. The molecule has 1 heterocycles. The van der Waals surface area contributed by atoms with Crippen LogP contribution < -0.4 is 4.74 Å². The molecule has 2 aliphatic rings. The number of ether oxygens (including phenoxy) is 2. The number of rotatable bonds is 6. The first-order valence-electron chi connectivity index (χ1n) is 8.56. The summed E-state index contributed by atoms with van der Waals surface area (Å²) >= 11 is 0. The highest BCUT2D eigenvalue weighted by Gasteiger charge is 2.35. The zero-order valence-electron chi connectivity index (χ0n) is 13.8. The van der Waals surface area contributed by atoms with E-state index >= 15 is 0 Å². The Morgan fingerprint density at radius 3 is 2.46 bits per heavy atom. The third-order valence-electron chi connectivity index (χ3n) is 4.62. The van der Waals surface area contributed by atoms with Crippen molar-refractivity contribution in [3.8, 4) is 5.75 Å². The summed E-state index contributed by atoms with van der Waals surface area (Å²) in [5.41, 5.74) is 3.52. The van der Waals surface area contributed by atoms with E-state index in [1.165, 1.54) is 20.0 Å². The summed E-state index contributed by atoms with van der Waals surface area (Å²) in [6, 6.07) is 11.9. The molecule has 4 rings (SSSR count). The van der Waals surface area contributed by atoms with Crippen LogP contribution in [-0.2, 0) is 11.3 Å². The van der Waals surface area contributed by atoms with Gasteiger partial charge < -0.3 is 9.47 Å². The molecule has 0 atom stereocenters. The molecule has 4 nitrogen and oxygen atoms in total. The minimum Gasteiger partial charge on any atom is -0.488 e. The molecule has 1 aromatic heterocycles. The van der Waals surface area contributed by atoms with Crippen LogP contribution in [0, 0.1) is 0 Å². The Bertz CT molecular complexity index is 749. The maximum absolute atomic E-state index is 12.4. The van der Waals surface area contributed by atoms with Crippen LogP contribution in [0.15, 0.2) is 36.4 Å². The van der Waals surface area contributed by atoms with E-state index in [1.807, 2.05) is 36.4 Å². The lowest BCUT2D eigenvalue weighted by Crippen LogP contribution is -2.12. The lowest BCUT2D eigenvalue weighted by atomic mass is 10.1. The van der Waals surface area contributed by atoms with Crippen LogP contribution in [-0.4, -0.2) is 18.1 Å². The Kier molecular flexibility index (Phi) is 3.97. The van der Waals surface area contributed by atoms with E-state index in [9.17, 15) is 4.79 Å². The van der Waals surface area contributed by atoms with Gasteiger partial charge in [0.05, 0.1) is 12.8 Å². The van der Waals surface area contributed by atoms with Gasteiger partial charge in [-0.3, -0.25) is 4.98 Å². The van der Waals surface area contributed by atoms with Crippen molar-refractivity contribution in [3.05, 3.63) is 58.9 Å². The zero-order valence-corrected chi connectivity index (χ0v) is 13.8. The molecule has 124 valence electrons. The Balaban J connectivity index is 1.70. The maximum Gasteiger partial charge on any atom is 0.343 e. The van der Waals surface area contributed by atoms with Crippen molar-refractivity contribution in [2.75, 3.05) is 7.11 Å². The van der Waals surface area contributed by atoms with E-state index in [-0.39, 0.29) is 5.97 Å². The number of hydrogen-bond acceptors (Lipinski definition) is 4. The fourth-order valence-corrected chi connectivity index (χ4v) is 2.96. The van der Waals surface area contributed by atoms with Crippen LogP contribution in [0.4, 0.5) is 0 Å². The number of methoxy groups -OCH3 is 1. The molecule has 0 amide bonds. The third kappa shape index (κ3) is 3.14. The highest BCUT2D eigenvalue weighted by atomic mass is 16.5. The van der Waals surface area contributed by atoms with Gasteiger partial charge in [-0.1, -0.05) is 30.3 Å². The zero-order chi connectivity index (χ0) is 16.5. The lowest BCUT2D eigenvalue weighted by molar-refractivity contribution is 0.0593. The molecule has 2 fully saturated rings. The van der Waals surface area contributed by atoms with Crippen LogP contribution >= 0.6 is 0 Å². The number of carbonyl (C=O) groups excluding carboxylic acids is 1. The van der Waals surface area contributed by atoms with Gasteiger partial charge in [0.15, 0.2) is 0 Å². The van der Waals surface area contributed by atoms with Gasteiger partial charge in [0.1, 0.15) is 17.9 Å². The number of carbonyl (C=O) groups is 1.